The van der Waals surface area contributed by atoms with Crippen molar-refractivity contribution in [1.29, 1.82) is 0 Å². The summed E-state index contributed by atoms with van der Waals surface area (Å²) in [4.78, 5) is 0. The maximum absolute atomic E-state index is 13.1. The Bertz CT molecular complexity index is 564. The topological polar surface area (TPSA) is 12.0 Å². The number of nitrogens with one attached hydrogen (secondary N) is 1. The van der Waals surface area contributed by atoms with Crippen molar-refractivity contribution < 1.29 is 4.39 Å². The average Bonchev–Trinajstić information content (AvgIpc) is 2.41. The molecule has 0 aliphatic heterocycles. The molecule has 2 rings (SSSR count). The average molecular weight is 336 g/mol. The Labute approximate surface area is 128 Å². The van der Waals surface area contributed by atoms with Gasteiger partial charge < -0.3 is 5.32 Å². The summed E-state index contributed by atoms with van der Waals surface area (Å²) in [6.45, 7) is 5.18. The zero-order chi connectivity index (χ0) is 14.5. The number of halogens is 2. The quantitative estimate of drug-likeness (QED) is 0.771. The van der Waals surface area contributed by atoms with E-state index >= 15 is 0 Å². The molecule has 3 heteroatoms. The van der Waals surface area contributed by atoms with Gasteiger partial charge in [0.25, 0.3) is 0 Å². The summed E-state index contributed by atoms with van der Waals surface area (Å²) in [5, 5.41) is 3.29. The molecule has 106 valence electrons. The first kappa shape index (κ1) is 15.0. The normalized spacial score (nSPS) is 10.8. The first-order chi connectivity index (χ1) is 9.54. The molecular weight excluding hydrogens is 317 g/mol. The van der Waals surface area contributed by atoms with E-state index in [1.165, 1.54) is 17.2 Å². The fourth-order valence-corrected chi connectivity index (χ4v) is 2.45. The third-order valence-corrected chi connectivity index (χ3v) is 3.69. The lowest BCUT2D eigenvalue weighted by Crippen LogP contribution is -2.00. The highest BCUT2D eigenvalue weighted by Gasteiger charge is 2.01. The van der Waals surface area contributed by atoms with E-state index in [2.05, 4.69) is 59.4 Å². The zero-order valence-electron chi connectivity index (χ0n) is 11.8. The van der Waals surface area contributed by atoms with Crippen molar-refractivity contribution in [2.45, 2.75) is 26.8 Å². The van der Waals surface area contributed by atoms with Crippen molar-refractivity contribution in [2.24, 2.45) is 5.92 Å². The molecule has 0 amide bonds. The molecular formula is C17H19BrFN. The summed E-state index contributed by atoms with van der Waals surface area (Å²) in [6, 6.07) is 13.6. The first-order valence-corrected chi connectivity index (χ1v) is 7.60. The van der Waals surface area contributed by atoms with Gasteiger partial charge in [-0.15, -0.1) is 0 Å². The molecule has 0 aliphatic rings. The maximum Gasteiger partial charge on any atom is 0.137 e. The predicted molar refractivity (Wildman–Crippen MR) is 86.4 cm³/mol. The van der Waals surface area contributed by atoms with E-state index < -0.39 is 0 Å². The van der Waals surface area contributed by atoms with Crippen LogP contribution >= 0.6 is 15.9 Å². The third-order valence-electron chi connectivity index (χ3n) is 3.08. The van der Waals surface area contributed by atoms with Gasteiger partial charge in [0.2, 0.25) is 0 Å². The summed E-state index contributed by atoms with van der Waals surface area (Å²) in [5.74, 6) is 0.434. The van der Waals surface area contributed by atoms with Crippen LogP contribution in [0.3, 0.4) is 0 Å². The van der Waals surface area contributed by atoms with Gasteiger partial charge in [0.15, 0.2) is 0 Å². The van der Waals surface area contributed by atoms with E-state index in [9.17, 15) is 4.39 Å². The molecule has 0 bridgehead atoms. The minimum Gasteiger partial charge on any atom is -0.381 e. The second kappa shape index (κ2) is 6.89. The van der Waals surface area contributed by atoms with Crippen molar-refractivity contribution in [2.75, 3.05) is 5.32 Å². The highest BCUT2D eigenvalue weighted by Crippen LogP contribution is 2.20. The molecule has 0 unspecified atom stereocenters. The van der Waals surface area contributed by atoms with Gasteiger partial charge in [0.1, 0.15) is 5.82 Å². The molecule has 20 heavy (non-hydrogen) atoms. The third kappa shape index (κ3) is 4.34. The molecule has 1 N–H and O–H groups in total. The SMILES string of the molecule is CC(C)Cc1ccc(CNc2ccc(F)c(Br)c2)cc1. The smallest absolute Gasteiger partial charge is 0.137 e. The highest BCUT2D eigenvalue weighted by atomic mass is 79.9. The van der Waals surface area contributed by atoms with Crippen molar-refractivity contribution in [3.8, 4) is 0 Å². The van der Waals surface area contributed by atoms with Crippen LogP contribution in [0.1, 0.15) is 25.0 Å². The molecule has 0 radical (unpaired) electrons. The Morgan fingerprint density at radius 2 is 1.70 bits per heavy atom. The van der Waals surface area contributed by atoms with E-state index in [0.717, 1.165) is 18.7 Å². The summed E-state index contributed by atoms with van der Waals surface area (Å²) < 4.78 is 13.6. The monoisotopic (exact) mass is 335 g/mol. The predicted octanol–water partition coefficient (Wildman–Crippen LogP) is 5.40. The summed E-state index contributed by atoms with van der Waals surface area (Å²) >= 11 is 3.19. The Morgan fingerprint density at radius 3 is 2.30 bits per heavy atom. The first-order valence-electron chi connectivity index (χ1n) is 6.81. The van der Waals surface area contributed by atoms with Crippen LogP contribution < -0.4 is 5.32 Å². The van der Waals surface area contributed by atoms with Gasteiger partial charge in [-0.3, -0.25) is 0 Å². The van der Waals surface area contributed by atoms with Crippen LogP contribution in [0.4, 0.5) is 10.1 Å². The van der Waals surface area contributed by atoms with Gasteiger partial charge in [-0.1, -0.05) is 38.1 Å². The fourth-order valence-electron chi connectivity index (χ4n) is 2.07. The molecule has 0 saturated heterocycles. The second-order valence-corrected chi connectivity index (χ2v) is 6.25. The Morgan fingerprint density at radius 1 is 1.05 bits per heavy atom. The van der Waals surface area contributed by atoms with Crippen molar-refractivity contribution in [1.82, 2.24) is 0 Å². The van der Waals surface area contributed by atoms with Gasteiger partial charge in [0, 0.05) is 12.2 Å². The largest absolute Gasteiger partial charge is 0.381 e. The molecule has 0 saturated carbocycles. The lowest BCUT2D eigenvalue weighted by molar-refractivity contribution is 0.621. The highest BCUT2D eigenvalue weighted by molar-refractivity contribution is 9.10. The lowest BCUT2D eigenvalue weighted by Gasteiger charge is -2.09. The Balaban J connectivity index is 1.95. The molecule has 0 aromatic heterocycles. The summed E-state index contributed by atoms with van der Waals surface area (Å²) in [6.07, 6.45) is 1.11. The van der Waals surface area contributed by atoms with Crippen molar-refractivity contribution in [3.05, 3.63) is 63.9 Å². The number of anilines is 1. The molecule has 0 heterocycles. The van der Waals surface area contributed by atoms with Gasteiger partial charge in [-0.2, -0.15) is 0 Å². The van der Waals surface area contributed by atoms with Crippen molar-refractivity contribution in [3.63, 3.8) is 0 Å². The zero-order valence-corrected chi connectivity index (χ0v) is 13.4. The molecule has 0 aliphatic carbocycles. The second-order valence-electron chi connectivity index (χ2n) is 5.40. The van der Waals surface area contributed by atoms with Crippen molar-refractivity contribution >= 4 is 21.6 Å². The lowest BCUT2D eigenvalue weighted by atomic mass is 10.0. The van der Waals surface area contributed by atoms with E-state index in [1.807, 2.05) is 0 Å². The van der Waals surface area contributed by atoms with Crippen LogP contribution in [-0.2, 0) is 13.0 Å². The Kier molecular flexibility index (Phi) is 5.18. The molecule has 1 nitrogen and oxygen atoms in total. The molecule has 2 aromatic carbocycles. The molecule has 2 aromatic rings. The minimum absolute atomic E-state index is 0.242. The van der Waals surface area contributed by atoms with E-state index in [0.29, 0.717) is 10.4 Å². The van der Waals surface area contributed by atoms with Gasteiger partial charge in [0.05, 0.1) is 4.47 Å². The van der Waals surface area contributed by atoms with Crippen LogP contribution in [0.15, 0.2) is 46.9 Å². The molecule has 0 fully saturated rings. The molecule has 0 spiro atoms. The van der Waals surface area contributed by atoms with Gasteiger partial charge in [-0.25, -0.2) is 4.39 Å². The van der Waals surface area contributed by atoms with Crippen LogP contribution in [0.5, 0.6) is 0 Å². The number of hydrogen-bond acceptors (Lipinski definition) is 1. The van der Waals surface area contributed by atoms with Gasteiger partial charge >= 0.3 is 0 Å². The number of benzene rings is 2. The summed E-state index contributed by atoms with van der Waals surface area (Å²) in [5.41, 5.74) is 3.50. The van der Waals surface area contributed by atoms with E-state index in [1.54, 1.807) is 12.1 Å². The maximum atomic E-state index is 13.1. The number of rotatable bonds is 5. The fraction of sp³-hybridized carbons (Fsp3) is 0.294. The Hall–Kier alpha value is -1.35. The minimum atomic E-state index is -0.242. The van der Waals surface area contributed by atoms with E-state index in [-0.39, 0.29) is 5.82 Å². The van der Waals surface area contributed by atoms with Crippen LogP contribution in [0.25, 0.3) is 0 Å². The summed E-state index contributed by atoms with van der Waals surface area (Å²) in [7, 11) is 0. The van der Waals surface area contributed by atoms with Crippen LogP contribution in [0, 0.1) is 11.7 Å². The van der Waals surface area contributed by atoms with Gasteiger partial charge in [-0.05, 0) is 57.6 Å². The standard InChI is InChI=1S/C17H19BrFN/c1-12(2)9-13-3-5-14(6-4-13)11-20-15-7-8-17(19)16(18)10-15/h3-8,10,12,20H,9,11H2,1-2H3. The van der Waals surface area contributed by atoms with Crippen LogP contribution in [-0.4, -0.2) is 0 Å². The number of hydrogen-bond donors (Lipinski definition) is 1. The molecule has 0 atom stereocenters. The van der Waals surface area contributed by atoms with Crippen LogP contribution in [0.2, 0.25) is 0 Å². The van der Waals surface area contributed by atoms with E-state index in [4.69, 9.17) is 0 Å².